The molecule has 1 unspecified atom stereocenters. The van der Waals surface area contributed by atoms with E-state index in [2.05, 4.69) is 0 Å². The number of nitrogens with zero attached hydrogens (tertiary/aromatic N) is 1. The molecule has 1 heterocycles. The van der Waals surface area contributed by atoms with E-state index in [9.17, 15) is 13.2 Å². The quantitative estimate of drug-likeness (QED) is 0.773. The molecule has 3 rings (SSSR count). The number of Topliss-reactive ketones (excluding diaryl/α,β-unsaturated/α-hetero) is 1. The summed E-state index contributed by atoms with van der Waals surface area (Å²) < 4.78 is 27.4. The zero-order chi connectivity index (χ0) is 17.7. The maximum Gasteiger partial charge on any atom is 0.243 e. The summed E-state index contributed by atoms with van der Waals surface area (Å²) in [5.41, 5.74) is 3.38. The minimum atomic E-state index is -3.54. The second-order valence-electron chi connectivity index (χ2n) is 7.33. The van der Waals surface area contributed by atoms with Crippen LogP contribution in [0.5, 0.6) is 0 Å². The molecule has 0 radical (unpaired) electrons. The fourth-order valence-electron chi connectivity index (χ4n) is 3.47. The Morgan fingerprint density at radius 3 is 2.38 bits per heavy atom. The van der Waals surface area contributed by atoms with Gasteiger partial charge in [-0.15, -0.1) is 0 Å². The van der Waals surface area contributed by atoms with Crippen LogP contribution >= 0.6 is 0 Å². The molecule has 1 aliphatic heterocycles. The molecule has 0 amide bonds. The van der Waals surface area contributed by atoms with E-state index in [0.717, 1.165) is 22.3 Å². The Morgan fingerprint density at radius 1 is 1.17 bits per heavy atom. The molecule has 2 aliphatic rings. The van der Waals surface area contributed by atoms with Crippen LogP contribution in [0.3, 0.4) is 0 Å². The Labute approximate surface area is 143 Å². The summed E-state index contributed by atoms with van der Waals surface area (Å²) in [6, 6.07) is 6.91. The number of sulfonamides is 1. The molecule has 1 saturated heterocycles. The number of carbonyl (C=O) groups is 1. The molecule has 24 heavy (non-hydrogen) atoms. The molecule has 4 nitrogen and oxygen atoms in total. The van der Waals surface area contributed by atoms with Gasteiger partial charge in [0.05, 0.1) is 4.90 Å². The van der Waals surface area contributed by atoms with E-state index in [1.807, 2.05) is 45.9 Å². The second-order valence-corrected chi connectivity index (χ2v) is 9.27. The Kier molecular flexibility index (Phi) is 4.04. The van der Waals surface area contributed by atoms with Gasteiger partial charge in [0.2, 0.25) is 10.0 Å². The lowest BCUT2D eigenvalue weighted by Gasteiger charge is -2.29. The second kappa shape index (κ2) is 5.67. The Bertz CT molecular complexity index is 858. The first-order valence-corrected chi connectivity index (χ1v) is 9.56. The highest BCUT2D eigenvalue weighted by atomic mass is 32.2. The zero-order valence-electron chi connectivity index (χ0n) is 14.6. The van der Waals surface area contributed by atoms with Gasteiger partial charge in [-0.25, -0.2) is 8.42 Å². The maximum absolute atomic E-state index is 12.9. The first-order chi connectivity index (χ1) is 11.1. The van der Waals surface area contributed by atoms with Crippen molar-refractivity contribution in [2.24, 2.45) is 5.41 Å². The van der Waals surface area contributed by atoms with Gasteiger partial charge >= 0.3 is 0 Å². The molecule has 128 valence electrons. The summed E-state index contributed by atoms with van der Waals surface area (Å²) in [6.45, 7) is 8.47. The van der Waals surface area contributed by atoms with Crippen LogP contribution in [0.4, 0.5) is 0 Å². The van der Waals surface area contributed by atoms with E-state index in [4.69, 9.17) is 0 Å². The smallest absolute Gasteiger partial charge is 0.243 e. The highest BCUT2D eigenvalue weighted by molar-refractivity contribution is 7.89. The average Bonchev–Trinajstić information content (AvgIpc) is 2.83. The largest absolute Gasteiger partial charge is 0.294 e. The summed E-state index contributed by atoms with van der Waals surface area (Å²) in [5, 5.41) is 0. The van der Waals surface area contributed by atoms with Gasteiger partial charge in [0.1, 0.15) is 0 Å². The van der Waals surface area contributed by atoms with E-state index < -0.39 is 15.4 Å². The first kappa shape index (κ1) is 17.1. The number of hydrogen-bond donors (Lipinski definition) is 0. The minimum absolute atomic E-state index is 0.107. The van der Waals surface area contributed by atoms with Crippen molar-refractivity contribution in [1.29, 1.82) is 0 Å². The topological polar surface area (TPSA) is 54.5 Å². The third kappa shape index (κ3) is 2.76. The van der Waals surface area contributed by atoms with Crippen LogP contribution in [-0.4, -0.2) is 31.6 Å². The van der Waals surface area contributed by atoms with Crippen molar-refractivity contribution in [3.8, 4) is 0 Å². The lowest BCUT2D eigenvalue weighted by atomic mass is 9.73. The van der Waals surface area contributed by atoms with Crippen molar-refractivity contribution in [2.75, 3.05) is 13.1 Å². The lowest BCUT2D eigenvalue weighted by Crippen LogP contribution is -2.33. The molecule has 1 atom stereocenters. The van der Waals surface area contributed by atoms with E-state index in [1.54, 1.807) is 12.1 Å². The van der Waals surface area contributed by atoms with Crippen molar-refractivity contribution in [3.05, 3.63) is 52.6 Å². The van der Waals surface area contributed by atoms with E-state index >= 15 is 0 Å². The van der Waals surface area contributed by atoms with Gasteiger partial charge in [-0.05, 0) is 38.5 Å². The van der Waals surface area contributed by atoms with E-state index in [-0.39, 0.29) is 5.78 Å². The maximum atomic E-state index is 12.9. The van der Waals surface area contributed by atoms with Crippen LogP contribution in [0, 0.1) is 12.3 Å². The number of fused-ring (bicyclic) bond motifs is 1. The third-order valence-electron chi connectivity index (χ3n) is 5.01. The van der Waals surface area contributed by atoms with Crippen LogP contribution < -0.4 is 0 Å². The Morgan fingerprint density at radius 2 is 1.79 bits per heavy atom. The summed E-state index contributed by atoms with van der Waals surface area (Å²) in [6.07, 6.45) is 2.28. The lowest BCUT2D eigenvalue weighted by molar-refractivity contribution is -0.117. The van der Waals surface area contributed by atoms with Gasteiger partial charge in [-0.1, -0.05) is 36.3 Å². The normalized spacial score (nSPS) is 24.8. The van der Waals surface area contributed by atoms with Crippen molar-refractivity contribution in [2.45, 2.75) is 39.0 Å². The van der Waals surface area contributed by atoms with E-state index in [1.165, 1.54) is 4.31 Å². The highest BCUT2D eigenvalue weighted by Crippen LogP contribution is 2.45. The third-order valence-corrected chi connectivity index (χ3v) is 6.82. The molecule has 0 N–H and O–H groups in total. The van der Waals surface area contributed by atoms with Gasteiger partial charge in [-0.3, -0.25) is 4.79 Å². The predicted molar refractivity (Wildman–Crippen MR) is 94.1 cm³/mol. The molecule has 0 bridgehead atoms. The summed E-state index contributed by atoms with van der Waals surface area (Å²) in [7, 11) is -3.54. The molecule has 5 heteroatoms. The molecular formula is C19H23NO3S. The van der Waals surface area contributed by atoms with Crippen LogP contribution in [0.2, 0.25) is 0 Å². The van der Waals surface area contributed by atoms with Crippen molar-refractivity contribution < 1.29 is 13.2 Å². The minimum Gasteiger partial charge on any atom is -0.294 e. The van der Waals surface area contributed by atoms with Crippen molar-refractivity contribution in [3.63, 3.8) is 0 Å². The Balaban J connectivity index is 1.98. The number of carbonyl (C=O) groups excluding carboxylic acids is 1. The monoisotopic (exact) mass is 345 g/mol. The zero-order valence-corrected chi connectivity index (χ0v) is 15.4. The predicted octanol–water partition coefficient (Wildman–Crippen LogP) is 3.24. The molecule has 1 aromatic carbocycles. The standard InChI is InChI=1S/C19H23NO3S/c1-13(2)17-9-15-11-20(12-19(15,4)10-18(17)21)24(22,23)16-7-5-14(3)6-8-16/h5-9H,10-12H2,1-4H3. The summed E-state index contributed by atoms with van der Waals surface area (Å²) >= 11 is 0. The van der Waals surface area contributed by atoms with Gasteiger partial charge in [-0.2, -0.15) is 4.31 Å². The number of allylic oxidation sites excluding steroid dienone is 3. The van der Waals surface area contributed by atoms with Gasteiger partial charge < -0.3 is 0 Å². The number of aryl methyl sites for hydroxylation is 1. The van der Waals surface area contributed by atoms with Gasteiger partial charge in [0, 0.05) is 30.5 Å². The molecule has 1 aliphatic carbocycles. The van der Waals surface area contributed by atoms with Gasteiger partial charge in [0.25, 0.3) is 0 Å². The fraction of sp³-hybridized carbons (Fsp3) is 0.421. The summed E-state index contributed by atoms with van der Waals surface area (Å²) in [5.74, 6) is 0.107. The van der Waals surface area contributed by atoms with Crippen LogP contribution in [0.25, 0.3) is 0 Å². The van der Waals surface area contributed by atoms with Crippen molar-refractivity contribution >= 4 is 15.8 Å². The molecule has 0 spiro atoms. The van der Waals surface area contributed by atoms with Gasteiger partial charge in [0.15, 0.2) is 5.78 Å². The van der Waals surface area contributed by atoms with Crippen molar-refractivity contribution in [1.82, 2.24) is 4.31 Å². The number of rotatable bonds is 2. The summed E-state index contributed by atoms with van der Waals surface area (Å²) in [4.78, 5) is 12.7. The first-order valence-electron chi connectivity index (χ1n) is 8.12. The number of ketones is 1. The van der Waals surface area contributed by atoms with Crippen LogP contribution in [0.1, 0.15) is 32.8 Å². The average molecular weight is 345 g/mol. The number of hydrogen-bond acceptors (Lipinski definition) is 3. The Hall–Kier alpha value is -1.72. The highest BCUT2D eigenvalue weighted by Gasteiger charge is 2.46. The molecule has 1 aromatic rings. The molecule has 0 saturated carbocycles. The molecular weight excluding hydrogens is 322 g/mol. The molecule has 0 aromatic heterocycles. The van der Waals surface area contributed by atoms with Crippen LogP contribution in [0.15, 0.2) is 52.0 Å². The fourth-order valence-corrected chi connectivity index (χ4v) is 5.02. The number of benzene rings is 1. The van der Waals surface area contributed by atoms with E-state index in [0.29, 0.717) is 24.4 Å². The molecule has 1 fully saturated rings. The van der Waals surface area contributed by atoms with Crippen LogP contribution in [-0.2, 0) is 14.8 Å². The SMILES string of the molecule is CC(C)=C1C=C2CN(S(=O)(=O)c3ccc(C)cc3)CC2(C)CC1=O.